The van der Waals surface area contributed by atoms with E-state index in [0.29, 0.717) is 5.25 Å². The lowest BCUT2D eigenvalue weighted by atomic mass is 10.1. The Labute approximate surface area is 120 Å². The molecule has 1 aromatic carbocycles. The summed E-state index contributed by atoms with van der Waals surface area (Å²) in [6.07, 6.45) is 1.24. The van der Waals surface area contributed by atoms with Gasteiger partial charge in [-0.3, -0.25) is 4.99 Å². The second kappa shape index (κ2) is 6.33. The molecule has 0 aromatic heterocycles. The van der Waals surface area contributed by atoms with E-state index in [4.69, 9.17) is 0 Å². The van der Waals surface area contributed by atoms with Gasteiger partial charge in [0, 0.05) is 30.7 Å². The van der Waals surface area contributed by atoms with Crippen LogP contribution in [-0.4, -0.2) is 31.1 Å². The van der Waals surface area contributed by atoms with Crippen LogP contribution < -0.4 is 10.2 Å². The quantitative estimate of drug-likeness (QED) is 0.909. The van der Waals surface area contributed by atoms with Crippen molar-refractivity contribution in [2.24, 2.45) is 10.9 Å². The van der Waals surface area contributed by atoms with Crippen LogP contribution in [0.15, 0.2) is 29.3 Å². The SMILES string of the molecule is CC(C)CC1CN=C(Nc2ccc(N(C)C)cc2)S1. The van der Waals surface area contributed by atoms with E-state index in [1.54, 1.807) is 0 Å². The van der Waals surface area contributed by atoms with Gasteiger partial charge in [0.05, 0.1) is 6.54 Å². The Morgan fingerprint density at radius 2 is 2.00 bits per heavy atom. The fourth-order valence-electron chi connectivity index (χ4n) is 2.10. The number of hydrogen-bond acceptors (Lipinski definition) is 4. The Hall–Kier alpha value is -1.16. The smallest absolute Gasteiger partial charge is 0.161 e. The van der Waals surface area contributed by atoms with Crippen LogP contribution >= 0.6 is 11.8 Å². The Bertz CT molecular complexity index is 437. The average Bonchev–Trinajstić information content (AvgIpc) is 2.76. The van der Waals surface area contributed by atoms with Crippen molar-refractivity contribution in [3.63, 3.8) is 0 Å². The molecule has 1 aromatic rings. The summed E-state index contributed by atoms with van der Waals surface area (Å²) in [6, 6.07) is 8.45. The van der Waals surface area contributed by atoms with Gasteiger partial charge in [-0.1, -0.05) is 25.6 Å². The molecule has 1 N–H and O–H groups in total. The van der Waals surface area contributed by atoms with Crippen LogP contribution in [-0.2, 0) is 0 Å². The summed E-state index contributed by atoms with van der Waals surface area (Å²) in [4.78, 5) is 6.68. The minimum atomic E-state index is 0.642. The molecule has 1 aliphatic heterocycles. The van der Waals surface area contributed by atoms with Gasteiger partial charge in [-0.15, -0.1) is 0 Å². The van der Waals surface area contributed by atoms with Crippen molar-refractivity contribution in [3.05, 3.63) is 24.3 Å². The molecule has 0 saturated carbocycles. The summed E-state index contributed by atoms with van der Waals surface area (Å²) in [7, 11) is 4.10. The molecule has 4 heteroatoms. The van der Waals surface area contributed by atoms with Crippen molar-refractivity contribution in [1.82, 2.24) is 0 Å². The zero-order valence-electron chi connectivity index (χ0n) is 12.2. The van der Waals surface area contributed by atoms with Crippen molar-refractivity contribution in [3.8, 4) is 0 Å². The van der Waals surface area contributed by atoms with Gasteiger partial charge in [0.2, 0.25) is 0 Å². The monoisotopic (exact) mass is 277 g/mol. The van der Waals surface area contributed by atoms with Crippen LogP contribution in [0, 0.1) is 5.92 Å². The van der Waals surface area contributed by atoms with E-state index in [0.717, 1.165) is 23.3 Å². The van der Waals surface area contributed by atoms with Crippen molar-refractivity contribution >= 4 is 28.3 Å². The maximum absolute atomic E-state index is 4.58. The molecule has 3 nitrogen and oxygen atoms in total. The number of anilines is 2. The van der Waals surface area contributed by atoms with Crippen LogP contribution in [0.4, 0.5) is 11.4 Å². The number of nitrogens with one attached hydrogen (secondary N) is 1. The first kappa shape index (κ1) is 14.3. The third-order valence-corrected chi connectivity index (χ3v) is 4.22. The van der Waals surface area contributed by atoms with Crippen molar-refractivity contribution in [2.45, 2.75) is 25.5 Å². The summed E-state index contributed by atoms with van der Waals surface area (Å²) in [5, 5.41) is 5.11. The molecule has 0 fully saturated rings. The van der Waals surface area contributed by atoms with Gasteiger partial charge < -0.3 is 10.2 Å². The molecule has 104 valence electrons. The maximum atomic E-state index is 4.58. The highest BCUT2D eigenvalue weighted by molar-refractivity contribution is 8.15. The fourth-order valence-corrected chi connectivity index (χ4v) is 3.37. The van der Waals surface area contributed by atoms with Gasteiger partial charge in [0.15, 0.2) is 5.17 Å². The minimum absolute atomic E-state index is 0.642. The molecule has 0 bridgehead atoms. The molecule has 0 radical (unpaired) electrons. The molecule has 2 rings (SSSR count). The van der Waals surface area contributed by atoms with Gasteiger partial charge in [0.1, 0.15) is 0 Å². The zero-order valence-corrected chi connectivity index (χ0v) is 13.0. The highest BCUT2D eigenvalue weighted by Gasteiger charge is 2.20. The van der Waals surface area contributed by atoms with E-state index in [9.17, 15) is 0 Å². The second-order valence-electron chi connectivity index (χ2n) is 5.58. The van der Waals surface area contributed by atoms with Crippen LogP contribution in [0.25, 0.3) is 0 Å². The minimum Gasteiger partial charge on any atom is -0.378 e. The maximum Gasteiger partial charge on any atom is 0.161 e. The van der Waals surface area contributed by atoms with E-state index in [2.05, 4.69) is 67.4 Å². The lowest BCUT2D eigenvalue weighted by Crippen LogP contribution is -2.10. The Morgan fingerprint density at radius 3 is 2.58 bits per heavy atom. The third kappa shape index (κ3) is 4.16. The first-order valence-corrected chi connectivity index (χ1v) is 7.68. The summed E-state index contributed by atoms with van der Waals surface area (Å²) in [5.74, 6) is 0.742. The van der Waals surface area contributed by atoms with E-state index in [1.165, 1.54) is 12.1 Å². The summed E-state index contributed by atoms with van der Waals surface area (Å²) < 4.78 is 0. The third-order valence-electron chi connectivity index (χ3n) is 3.09. The lowest BCUT2D eigenvalue weighted by molar-refractivity contribution is 0.575. The molecule has 1 heterocycles. The molecule has 1 aliphatic rings. The standard InChI is InChI=1S/C15H23N3S/c1-11(2)9-14-10-16-15(19-14)17-12-5-7-13(8-6-12)18(3)4/h5-8,11,14H,9-10H2,1-4H3,(H,16,17). The number of benzene rings is 1. The van der Waals surface area contributed by atoms with E-state index in [1.807, 2.05) is 11.8 Å². The van der Waals surface area contributed by atoms with Gasteiger partial charge >= 0.3 is 0 Å². The van der Waals surface area contributed by atoms with Gasteiger partial charge in [0.25, 0.3) is 0 Å². The topological polar surface area (TPSA) is 27.6 Å². The predicted molar refractivity (Wildman–Crippen MR) is 87.5 cm³/mol. The van der Waals surface area contributed by atoms with Gasteiger partial charge in [-0.2, -0.15) is 0 Å². The molecular formula is C15H23N3S. The van der Waals surface area contributed by atoms with Crippen LogP contribution in [0.1, 0.15) is 20.3 Å². The molecule has 0 aliphatic carbocycles. The largest absolute Gasteiger partial charge is 0.378 e. The van der Waals surface area contributed by atoms with Crippen LogP contribution in [0.5, 0.6) is 0 Å². The van der Waals surface area contributed by atoms with Crippen molar-refractivity contribution in [1.29, 1.82) is 0 Å². The number of nitrogens with zero attached hydrogens (tertiary/aromatic N) is 2. The summed E-state index contributed by atoms with van der Waals surface area (Å²) in [5.41, 5.74) is 2.33. The first-order valence-electron chi connectivity index (χ1n) is 6.80. The molecule has 19 heavy (non-hydrogen) atoms. The highest BCUT2D eigenvalue weighted by atomic mass is 32.2. The summed E-state index contributed by atoms with van der Waals surface area (Å²) >= 11 is 1.87. The highest BCUT2D eigenvalue weighted by Crippen LogP contribution is 2.27. The van der Waals surface area contributed by atoms with E-state index < -0.39 is 0 Å². The second-order valence-corrected chi connectivity index (χ2v) is 6.87. The zero-order chi connectivity index (χ0) is 13.8. The normalized spacial score (nSPS) is 18.6. The van der Waals surface area contributed by atoms with Gasteiger partial charge in [-0.05, 0) is 36.6 Å². The number of rotatable bonds is 4. The number of thioether (sulfide) groups is 1. The van der Waals surface area contributed by atoms with E-state index >= 15 is 0 Å². The van der Waals surface area contributed by atoms with Crippen molar-refractivity contribution in [2.75, 3.05) is 30.9 Å². The Morgan fingerprint density at radius 1 is 1.32 bits per heavy atom. The molecule has 1 unspecified atom stereocenters. The average molecular weight is 277 g/mol. The number of aliphatic imine (C=N–C) groups is 1. The lowest BCUT2D eigenvalue weighted by Gasteiger charge is -2.14. The van der Waals surface area contributed by atoms with Crippen LogP contribution in [0.3, 0.4) is 0 Å². The molecule has 0 amide bonds. The summed E-state index contributed by atoms with van der Waals surface area (Å²) in [6.45, 7) is 5.48. The van der Waals surface area contributed by atoms with E-state index in [-0.39, 0.29) is 0 Å². The first-order chi connectivity index (χ1) is 9.04. The van der Waals surface area contributed by atoms with Gasteiger partial charge in [-0.25, -0.2) is 0 Å². The molecule has 0 spiro atoms. The number of amidine groups is 1. The number of hydrogen-bond donors (Lipinski definition) is 1. The predicted octanol–water partition coefficient (Wildman–Crippen LogP) is 3.68. The molecular weight excluding hydrogens is 254 g/mol. The Balaban J connectivity index is 1.88. The molecule has 1 atom stereocenters. The Kier molecular flexibility index (Phi) is 4.75. The molecule has 0 saturated heterocycles. The van der Waals surface area contributed by atoms with Crippen LogP contribution in [0.2, 0.25) is 0 Å². The fraction of sp³-hybridized carbons (Fsp3) is 0.533. The van der Waals surface area contributed by atoms with Crippen molar-refractivity contribution < 1.29 is 0 Å².